The molecule has 0 saturated heterocycles. The molecular formula is C13H23N3OS. The smallest absolute Gasteiger partial charge is 0.222 e. The number of aryl methyl sites for hydroxylation is 1. The molecule has 0 aliphatic rings. The Kier molecular flexibility index (Phi) is 6.29. The standard InChI is InChI=1S/C13H23N3OS/c1-10(2)14-7-5-6-13(17)16(4)9-12-8-15-11(3)18-12/h8,10,14H,5-7,9H2,1-4H3. The van der Waals surface area contributed by atoms with Gasteiger partial charge in [0.1, 0.15) is 0 Å². The van der Waals surface area contributed by atoms with Crippen molar-refractivity contribution in [1.29, 1.82) is 0 Å². The van der Waals surface area contributed by atoms with E-state index in [1.807, 2.05) is 20.2 Å². The van der Waals surface area contributed by atoms with Crippen LogP contribution >= 0.6 is 11.3 Å². The average Bonchev–Trinajstić information content (AvgIpc) is 2.69. The molecule has 1 aromatic rings. The molecule has 1 amide bonds. The van der Waals surface area contributed by atoms with Gasteiger partial charge in [0.2, 0.25) is 5.91 Å². The molecule has 1 rings (SSSR count). The lowest BCUT2D eigenvalue weighted by Crippen LogP contribution is -2.28. The van der Waals surface area contributed by atoms with Gasteiger partial charge >= 0.3 is 0 Å². The van der Waals surface area contributed by atoms with Crippen molar-refractivity contribution in [2.75, 3.05) is 13.6 Å². The minimum Gasteiger partial charge on any atom is -0.341 e. The minimum absolute atomic E-state index is 0.201. The molecule has 0 radical (unpaired) electrons. The summed E-state index contributed by atoms with van der Waals surface area (Å²) in [5.74, 6) is 0.201. The lowest BCUT2D eigenvalue weighted by atomic mass is 10.2. The Morgan fingerprint density at radius 3 is 2.83 bits per heavy atom. The number of carbonyl (C=O) groups excluding carboxylic acids is 1. The quantitative estimate of drug-likeness (QED) is 0.772. The molecule has 4 nitrogen and oxygen atoms in total. The molecule has 0 spiro atoms. The van der Waals surface area contributed by atoms with Gasteiger partial charge in [-0.25, -0.2) is 4.98 Å². The maximum atomic E-state index is 11.9. The van der Waals surface area contributed by atoms with Crippen LogP contribution in [0.3, 0.4) is 0 Å². The van der Waals surface area contributed by atoms with Crippen molar-refractivity contribution >= 4 is 17.2 Å². The number of carbonyl (C=O) groups is 1. The van der Waals surface area contributed by atoms with Gasteiger partial charge in [-0.2, -0.15) is 0 Å². The zero-order valence-corrected chi connectivity index (χ0v) is 12.5. The first kappa shape index (κ1) is 15.1. The molecule has 18 heavy (non-hydrogen) atoms. The Labute approximate surface area is 113 Å². The van der Waals surface area contributed by atoms with E-state index >= 15 is 0 Å². The van der Waals surface area contributed by atoms with Crippen LogP contribution in [0.15, 0.2) is 6.20 Å². The summed E-state index contributed by atoms with van der Waals surface area (Å²) in [6, 6.07) is 0.484. The third kappa shape index (κ3) is 5.60. The summed E-state index contributed by atoms with van der Waals surface area (Å²) in [4.78, 5) is 19.0. The molecule has 5 heteroatoms. The number of thiazole rings is 1. The van der Waals surface area contributed by atoms with Crippen molar-refractivity contribution in [1.82, 2.24) is 15.2 Å². The fourth-order valence-electron chi connectivity index (χ4n) is 1.62. The predicted molar refractivity (Wildman–Crippen MR) is 75.7 cm³/mol. The minimum atomic E-state index is 0.201. The van der Waals surface area contributed by atoms with Crippen LogP contribution in [0.2, 0.25) is 0 Å². The van der Waals surface area contributed by atoms with Crippen LogP contribution in [0.4, 0.5) is 0 Å². The van der Waals surface area contributed by atoms with Crippen LogP contribution in [0, 0.1) is 6.92 Å². The third-order valence-electron chi connectivity index (χ3n) is 2.61. The van der Waals surface area contributed by atoms with Crippen LogP contribution in [0.1, 0.15) is 36.6 Å². The first-order valence-corrected chi connectivity index (χ1v) is 7.19. The van der Waals surface area contributed by atoms with Crippen LogP contribution in [-0.2, 0) is 11.3 Å². The van der Waals surface area contributed by atoms with Gasteiger partial charge in [-0.3, -0.25) is 4.79 Å². The normalized spacial score (nSPS) is 10.9. The van der Waals surface area contributed by atoms with E-state index in [4.69, 9.17) is 0 Å². The SMILES string of the molecule is Cc1ncc(CN(C)C(=O)CCCNC(C)C)s1. The molecule has 1 N–H and O–H groups in total. The van der Waals surface area contributed by atoms with Gasteiger partial charge in [-0.1, -0.05) is 13.8 Å². The zero-order chi connectivity index (χ0) is 13.5. The second-order valence-electron chi connectivity index (χ2n) is 4.81. The Hall–Kier alpha value is -0.940. The molecule has 1 aromatic heterocycles. The van der Waals surface area contributed by atoms with Crippen LogP contribution in [0.25, 0.3) is 0 Å². The second-order valence-corrected chi connectivity index (χ2v) is 6.13. The lowest BCUT2D eigenvalue weighted by molar-refractivity contribution is -0.130. The summed E-state index contributed by atoms with van der Waals surface area (Å²) in [5, 5.41) is 4.36. The summed E-state index contributed by atoms with van der Waals surface area (Å²) in [5.41, 5.74) is 0. The first-order valence-electron chi connectivity index (χ1n) is 6.37. The number of nitrogens with one attached hydrogen (secondary N) is 1. The van der Waals surface area contributed by atoms with Crippen LogP contribution < -0.4 is 5.32 Å². The van der Waals surface area contributed by atoms with Gasteiger partial charge in [0, 0.05) is 30.6 Å². The van der Waals surface area contributed by atoms with E-state index in [2.05, 4.69) is 24.1 Å². The second kappa shape index (κ2) is 7.48. The van der Waals surface area contributed by atoms with E-state index in [1.165, 1.54) is 0 Å². The summed E-state index contributed by atoms with van der Waals surface area (Å²) in [6.45, 7) is 7.77. The summed E-state index contributed by atoms with van der Waals surface area (Å²) < 4.78 is 0. The van der Waals surface area contributed by atoms with Crippen molar-refractivity contribution in [3.8, 4) is 0 Å². The number of nitrogens with zero attached hydrogens (tertiary/aromatic N) is 2. The summed E-state index contributed by atoms with van der Waals surface area (Å²) in [6.07, 6.45) is 3.35. The molecule has 0 bridgehead atoms. The van der Waals surface area contributed by atoms with E-state index in [0.717, 1.165) is 22.9 Å². The van der Waals surface area contributed by atoms with Crippen LogP contribution in [0.5, 0.6) is 0 Å². The van der Waals surface area contributed by atoms with E-state index in [1.54, 1.807) is 16.2 Å². The van der Waals surface area contributed by atoms with Crippen molar-refractivity contribution in [2.45, 2.75) is 46.2 Å². The Morgan fingerprint density at radius 1 is 1.56 bits per heavy atom. The maximum absolute atomic E-state index is 11.9. The van der Waals surface area contributed by atoms with Crippen molar-refractivity contribution < 1.29 is 4.79 Å². The van der Waals surface area contributed by atoms with Gasteiger partial charge < -0.3 is 10.2 Å². The predicted octanol–water partition coefficient (Wildman–Crippen LogP) is 2.19. The monoisotopic (exact) mass is 269 g/mol. The van der Waals surface area contributed by atoms with E-state index in [9.17, 15) is 4.79 Å². The van der Waals surface area contributed by atoms with E-state index < -0.39 is 0 Å². The fourth-order valence-corrected chi connectivity index (χ4v) is 2.47. The van der Waals surface area contributed by atoms with Gasteiger partial charge in [-0.05, 0) is 19.9 Å². The molecule has 0 aromatic carbocycles. The summed E-state index contributed by atoms with van der Waals surface area (Å²) >= 11 is 1.65. The number of aromatic nitrogens is 1. The molecule has 0 aliphatic heterocycles. The molecule has 0 saturated carbocycles. The Morgan fingerprint density at radius 2 is 2.28 bits per heavy atom. The highest BCUT2D eigenvalue weighted by atomic mass is 32.1. The van der Waals surface area contributed by atoms with Crippen LogP contribution in [-0.4, -0.2) is 35.4 Å². The third-order valence-corrected chi connectivity index (χ3v) is 3.51. The average molecular weight is 269 g/mol. The lowest BCUT2D eigenvalue weighted by Gasteiger charge is -2.16. The fraction of sp³-hybridized carbons (Fsp3) is 0.692. The summed E-state index contributed by atoms with van der Waals surface area (Å²) in [7, 11) is 1.85. The molecule has 1 heterocycles. The number of amides is 1. The number of hydrogen-bond donors (Lipinski definition) is 1. The van der Waals surface area contributed by atoms with Gasteiger partial charge in [0.05, 0.1) is 11.6 Å². The topological polar surface area (TPSA) is 45.2 Å². The van der Waals surface area contributed by atoms with Gasteiger partial charge in [0.25, 0.3) is 0 Å². The maximum Gasteiger partial charge on any atom is 0.222 e. The molecule has 0 atom stereocenters. The first-order chi connectivity index (χ1) is 8.49. The highest BCUT2D eigenvalue weighted by Gasteiger charge is 2.10. The zero-order valence-electron chi connectivity index (χ0n) is 11.7. The number of rotatable bonds is 7. The molecule has 0 aliphatic carbocycles. The molecule has 0 fully saturated rings. The highest BCUT2D eigenvalue weighted by Crippen LogP contribution is 2.13. The number of hydrogen-bond acceptors (Lipinski definition) is 4. The molecular weight excluding hydrogens is 246 g/mol. The molecule has 0 unspecified atom stereocenters. The Balaban J connectivity index is 2.24. The van der Waals surface area contributed by atoms with Crippen molar-refractivity contribution in [3.05, 3.63) is 16.1 Å². The Bertz CT molecular complexity index is 376. The molecule has 102 valence electrons. The van der Waals surface area contributed by atoms with Crippen molar-refractivity contribution in [2.24, 2.45) is 0 Å². The van der Waals surface area contributed by atoms with E-state index in [-0.39, 0.29) is 5.91 Å². The largest absolute Gasteiger partial charge is 0.341 e. The van der Waals surface area contributed by atoms with Crippen molar-refractivity contribution in [3.63, 3.8) is 0 Å². The van der Waals surface area contributed by atoms with Gasteiger partial charge in [-0.15, -0.1) is 11.3 Å². The van der Waals surface area contributed by atoms with Gasteiger partial charge in [0.15, 0.2) is 0 Å². The van der Waals surface area contributed by atoms with E-state index in [0.29, 0.717) is 19.0 Å². The highest BCUT2D eigenvalue weighted by molar-refractivity contribution is 7.11.